The van der Waals surface area contributed by atoms with Gasteiger partial charge in [-0.25, -0.2) is 4.79 Å². The second-order valence-electron chi connectivity index (χ2n) is 2.90. The Balaban J connectivity index is 2.90. The van der Waals surface area contributed by atoms with Crippen molar-refractivity contribution >= 4 is 33.6 Å². The molecule has 0 saturated carbocycles. The number of carbonyl (C=O) groups excluding carboxylic acids is 1. The molecule has 0 aliphatic carbocycles. The summed E-state index contributed by atoms with van der Waals surface area (Å²) in [7, 11) is 0. The fourth-order valence-electron chi connectivity index (χ4n) is 1.04. The molecular formula is C9H11BrN4O. The number of amides is 2. The Labute approximate surface area is 95.7 Å². The van der Waals surface area contributed by atoms with Gasteiger partial charge in [0.2, 0.25) is 0 Å². The van der Waals surface area contributed by atoms with Crippen LogP contribution in [0.15, 0.2) is 27.7 Å². The van der Waals surface area contributed by atoms with Gasteiger partial charge in [0.15, 0.2) is 5.96 Å². The number of nitrogens with zero attached hydrogens (tertiary/aromatic N) is 1. The first-order valence-corrected chi connectivity index (χ1v) is 4.95. The number of anilines is 1. The smallest absolute Gasteiger partial charge is 0.348 e. The average molecular weight is 271 g/mol. The minimum Gasteiger partial charge on any atom is -0.370 e. The number of hydrogen-bond donors (Lipinski definition) is 3. The fourth-order valence-corrected chi connectivity index (χ4v) is 1.61. The zero-order chi connectivity index (χ0) is 11.4. The molecule has 5 N–H and O–H groups in total. The molecule has 0 unspecified atom stereocenters. The van der Waals surface area contributed by atoms with E-state index in [1.54, 1.807) is 0 Å². The van der Waals surface area contributed by atoms with Gasteiger partial charge in [0, 0.05) is 4.47 Å². The van der Waals surface area contributed by atoms with E-state index in [2.05, 4.69) is 26.2 Å². The van der Waals surface area contributed by atoms with Crippen molar-refractivity contribution < 1.29 is 4.79 Å². The lowest BCUT2D eigenvalue weighted by molar-refractivity contribution is 0.259. The lowest BCUT2D eigenvalue weighted by atomic mass is 10.2. The van der Waals surface area contributed by atoms with E-state index in [0.717, 1.165) is 10.0 Å². The molecule has 0 aliphatic rings. The second-order valence-corrected chi connectivity index (χ2v) is 3.75. The van der Waals surface area contributed by atoms with Crippen molar-refractivity contribution in [2.24, 2.45) is 16.5 Å². The van der Waals surface area contributed by atoms with Crippen LogP contribution in [0.5, 0.6) is 0 Å². The Hall–Kier alpha value is -1.56. The number of rotatable bonds is 1. The molecule has 1 rings (SSSR count). The Morgan fingerprint density at radius 1 is 1.47 bits per heavy atom. The first-order chi connectivity index (χ1) is 7.00. The van der Waals surface area contributed by atoms with Crippen LogP contribution < -0.4 is 16.8 Å². The molecule has 0 atom stereocenters. The number of guanidine groups is 1. The highest BCUT2D eigenvalue weighted by Crippen LogP contribution is 2.25. The van der Waals surface area contributed by atoms with E-state index >= 15 is 0 Å². The molecule has 0 spiro atoms. The van der Waals surface area contributed by atoms with Gasteiger partial charge < -0.3 is 16.8 Å². The van der Waals surface area contributed by atoms with Crippen LogP contribution in [0, 0.1) is 6.92 Å². The molecule has 0 heterocycles. The van der Waals surface area contributed by atoms with Crippen LogP contribution in [0.4, 0.5) is 10.5 Å². The summed E-state index contributed by atoms with van der Waals surface area (Å²) in [5.74, 6) is -0.266. The minimum absolute atomic E-state index is 0.266. The van der Waals surface area contributed by atoms with Crippen LogP contribution >= 0.6 is 15.9 Å². The topological polar surface area (TPSA) is 93.5 Å². The molecule has 0 bridgehead atoms. The van der Waals surface area contributed by atoms with E-state index in [9.17, 15) is 4.79 Å². The summed E-state index contributed by atoms with van der Waals surface area (Å²) >= 11 is 3.32. The number of para-hydroxylation sites is 1. The Kier molecular flexibility index (Phi) is 3.68. The summed E-state index contributed by atoms with van der Waals surface area (Å²) < 4.78 is 0.779. The number of nitrogens with one attached hydrogen (secondary N) is 1. The molecule has 0 aromatic heterocycles. The zero-order valence-electron chi connectivity index (χ0n) is 8.12. The number of urea groups is 1. The first kappa shape index (κ1) is 11.5. The average Bonchev–Trinajstić information content (AvgIpc) is 2.10. The molecule has 80 valence electrons. The van der Waals surface area contributed by atoms with Crippen molar-refractivity contribution in [1.82, 2.24) is 0 Å². The van der Waals surface area contributed by atoms with Crippen molar-refractivity contribution in [3.63, 3.8) is 0 Å². The number of nitrogens with two attached hydrogens (primary N) is 2. The standard InChI is InChI=1S/C9H11BrN4O/c1-5-3-2-4-6(10)7(5)13-9(15)14-8(11)12/h2-4H,1H3,(H5,11,12,13,14,15). The third-order valence-corrected chi connectivity index (χ3v) is 2.35. The van der Waals surface area contributed by atoms with E-state index in [1.807, 2.05) is 25.1 Å². The lowest BCUT2D eigenvalue weighted by Crippen LogP contribution is -2.25. The van der Waals surface area contributed by atoms with Crippen LogP contribution in [-0.2, 0) is 0 Å². The number of aryl methyl sites for hydroxylation is 1. The van der Waals surface area contributed by atoms with Gasteiger partial charge in [-0.1, -0.05) is 12.1 Å². The maximum Gasteiger partial charge on any atom is 0.348 e. The summed E-state index contributed by atoms with van der Waals surface area (Å²) in [5, 5.41) is 2.58. The third-order valence-electron chi connectivity index (χ3n) is 1.68. The number of hydrogen-bond acceptors (Lipinski definition) is 1. The van der Waals surface area contributed by atoms with Crippen molar-refractivity contribution in [1.29, 1.82) is 0 Å². The van der Waals surface area contributed by atoms with E-state index < -0.39 is 6.03 Å². The van der Waals surface area contributed by atoms with E-state index in [4.69, 9.17) is 11.5 Å². The molecule has 2 amide bonds. The van der Waals surface area contributed by atoms with E-state index in [0.29, 0.717) is 5.69 Å². The summed E-state index contributed by atoms with van der Waals surface area (Å²) in [4.78, 5) is 14.6. The highest BCUT2D eigenvalue weighted by atomic mass is 79.9. The molecule has 15 heavy (non-hydrogen) atoms. The number of halogens is 1. The normalized spacial score (nSPS) is 9.47. The third kappa shape index (κ3) is 3.25. The predicted octanol–water partition coefficient (Wildman–Crippen LogP) is 1.56. The largest absolute Gasteiger partial charge is 0.370 e. The van der Waals surface area contributed by atoms with Gasteiger partial charge in [0.1, 0.15) is 0 Å². The maximum atomic E-state index is 11.2. The summed E-state index contributed by atoms with van der Waals surface area (Å²) in [6, 6.07) is 4.97. The monoisotopic (exact) mass is 270 g/mol. The van der Waals surface area contributed by atoms with Gasteiger partial charge in [0.25, 0.3) is 0 Å². The van der Waals surface area contributed by atoms with E-state index in [-0.39, 0.29) is 5.96 Å². The number of aliphatic imine (C=N–C) groups is 1. The first-order valence-electron chi connectivity index (χ1n) is 4.16. The molecule has 5 nitrogen and oxygen atoms in total. The van der Waals surface area contributed by atoms with Crippen LogP contribution in [0.1, 0.15) is 5.56 Å². The summed E-state index contributed by atoms with van der Waals surface area (Å²) in [6.45, 7) is 1.87. The van der Waals surface area contributed by atoms with Gasteiger partial charge in [-0.3, -0.25) is 0 Å². The van der Waals surface area contributed by atoms with Crippen LogP contribution in [-0.4, -0.2) is 12.0 Å². The molecule has 0 aliphatic heterocycles. The summed E-state index contributed by atoms with van der Waals surface area (Å²) in [5.41, 5.74) is 11.7. The fraction of sp³-hybridized carbons (Fsp3) is 0.111. The van der Waals surface area contributed by atoms with Gasteiger partial charge in [0.05, 0.1) is 5.69 Å². The lowest BCUT2D eigenvalue weighted by Gasteiger charge is -2.07. The predicted molar refractivity (Wildman–Crippen MR) is 63.7 cm³/mol. The van der Waals surface area contributed by atoms with Crippen LogP contribution in [0.2, 0.25) is 0 Å². The zero-order valence-corrected chi connectivity index (χ0v) is 9.71. The second kappa shape index (κ2) is 4.79. The van der Waals surface area contributed by atoms with Gasteiger partial charge in [-0.15, -0.1) is 0 Å². The van der Waals surface area contributed by atoms with Crippen molar-refractivity contribution in [3.05, 3.63) is 28.2 Å². The van der Waals surface area contributed by atoms with Crippen LogP contribution in [0.3, 0.4) is 0 Å². The highest BCUT2D eigenvalue weighted by Gasteiger charge is 2.06. The molecule has 0 radical (unpaired) electrons. The Bertz CT molecular complexity index is 392. The molecule has 6 heteroatoms. The van der Waals surface area contributed by atoms with Crippen molar-refractivity contribution in [3.8, 4) is 0 Å². The van der Waals surface area contributed by atoms with E-state index in [1.165, 1.54) is 0 Å². The SMILES string of the molecule is Cc1cccc(Br)c1NC(=O)N=C(N)N. The summed E-state index contributed by atoms with van der Waals surface area (Å²) in [6.07, 6.45) is 0. The molecule has 0 fully saturated rings. The molecular weight excluding hydrogens is 260 g/mol. The van der Waals surface area contributed by atoms with Gasteiger partial charge in [-0.2, -0.15) is 4.99 Å². The quantitative estimate of drug-likeness (QED) is 0.534. The molecule has 1 aromatic carbocycles. The Morgan fingerprint density at radius 2 is 2.13 bits per heavy atom. The molecule has 1 aromatic rings. The maximum absolute atomic E-state index is 11.2. The van der Waals surface area contributed by atoms with Gasteiger partial charge in [-0.05, 0) is 34.5 Å². The number of carbonyl (C=O) groups is 1. The van der Waals surface area contributed by atoms with Gasteiger partial charge >= 0.3 is 6.03 Å². The highest BCUT2D eigenvalue weighted by molar-refractivity contribution is 9.10. The van der Waals surface area contributed by atoms with Crippen LogP contribution in [0.25, 0.3) is 0 Å². The van der Waals surface area contributed by atoms with Crippen molar-refractivity contribution in [2.45, 2.75) is 6.92 Å². The van der Waals surface area contributed by atoms with Crippen molar-refractivity contribution in [2.75, 3.05) is 5.32 Å². The number of benzene rings is 1. The Morgan fingerprint density at radius 3 is 2.67 bits per heavy atom. The molecule has 0 saturated heterocycles. The minimum atomic E-state index is -0.593.